The highest BCUT2D eigenvalue weighted by molar-refractivity contribution is 6.35. The molecule has 4 aromatic carbocycles. The molecule has 0 radical (unpaired) electrons. The van der Waals surface area contributed by atoms with Crippen molar-refractivity contribution in [2.45, 2.75) is 19.8 Å². The predicted molar refractivity (Wildman–Crippen MR) is 192 cm³/mol. The summed E-state index contributed by atoms with van der Waals surface area (Å²) in [6.45, 7) is 4.23. The second kappa shape index (κ2) is 16.8. The Kier molecular flexibility index (Phi) is 11.9. The number of carbonyl (C=O) groups excluding carboxylic acids is 1. The van der Waals surface area contributed by atoms with Crippen LogP contribution >= 0.6 is 34.8 Å². The second-order valence-corrected chi connectivity index (χ2v) is 12.8. The van der Waals surface area contributed by atoms with Gasteiger partial charge in [-0.05, 0) is 54.1 Å². The zero-order valence-electron chi connectivity index (χ0n) is 26.8. The Hall–Kier alpha value is -4.65. The number of nitrogens with one attached hydrogen (secondary N) is 1. The lowest BCUT2D eigenvalue weighted by Crippen LogP contribution is -2.48. The lowest BCUT2D eigenvalue weighted by atomic mass is 10.1. The largest absolute Gasteiger partial charge is 0.507 e. The van der Waals surface area contributed by atoms with Crippen molar-refractivity contribution in [3.63, 3.8) is 0 Å². The minimum Gasteiger partial charge on any atom is -0.507 e. The maximum Gasteiger partial charge on any atom is 0.254 e. The van der Waals surface area contributed by atoms with Gasteiger partial charge in [-0.2, -0.15) is 10.1 Å². The number of carbonyl (C=O) groups is 1. The van der Waals surface area contributed by atoms with E-state index >= 15 is 0 Å². The number of aromatic nitrogens is 2. The molecule has 1 amide bonds. The van der Waals surface area contributed by atoms with E-state index < -0.39 is 0 Å². The van der Waals surface area contributed by atoms with Crippen molar-refractivity contribution >= 4 is 46.9 Å². The van der Waals surface area contributed by atoms with Crippen molar-refractivity contribution in [2.24, 2.45) is 5.10 Å². The number of hydrogen-bond acceptors (Lipinski definition) is 10. The number of piperazine rings is 1. The Bertz CT molecular complexity index is 1930. The van der Waals surface area contributed by atoms with Crippen molar-refractivity contribution < 1.29 is 23.9 Å². The van der Waals surface area contributed by atoms with Crippen LogP contribution in [0.2, 0.25) is 15.1 Å². The average Bonchev–Trinajstić information content (AvgIpc) is 3.58. The number of hydrazone groups is 1. The van der Waals surface area contributed by atoms with E-state index in [2.05, 4.69) is 30.5 Å². The zero-order chi connectivity index (χ0) is 34.9. The van der Waals surface area contributed by atoms with Gasteiger partial charge in [-0.25, -0.2) is 5.43 Å². The molecule has 0 unspecified atom stereocenters. The number of ether oxygens (including phenoxy) is 2. The van der Waals surface area contributed by atoms with Crippen molar-refractivity contribution in [1.82, 2.24) is 25.4 Å². The smallest absolute Gasteiger partial charge is 0.254 e. The van der Waals surface area contributed by atoms with Crippen LogP contribution in [-0.4, -0.2) is 69.9 Å². The van der Waals surface area contributed by atoms with Gasteiger partial charge in [0.2, 0.25) is 11.7 Å². The molecule has 258 valence electrons. The second-order valence-electron chi connectivity index (χ2n) is 11.5. The summed E-state index contributed by atoms with van der Waals surface area (Å²) in [5.41, 5.74) is 5.59. The molecule has 0 atom stereocenters. The Morgan fingerprint density at radius 1 is 0.860 bits per heavy atom. The minimum absolute atomic E-state index is 0.0404. The van der Waals surface area contributed by atoms with Gasteiger partial charge in [0.1, 0.15) is 30.5 Å². The first-order valence-electron chi connectivity index (χ1n) is 15.7. The number of halogens is 3. The molecule has 2 N–H and O–H groups in total. The van der Waals surface area contributed by atoms with Crippen molar-refractivity contribution in [3.8, 4) is 28.6 Å². The fraction of sp³-hybridized carbons (Fsp3) is 0.222. The topological polar surface area (TPSA) is 126 Å². The van der Waals surface area contributed by atoms with E-state index in [-0.39, 0.29) is 24.8 Å². The van der Waals surface area contributed by atoms with E-state index in [1.807, 2.05) is 36.4 Å². The summed E-state index contributed by atoms with van der Waals surface area (Å²) in [5.74, 6) is 1.97. The van der Waals surface area contributed by atoms with Gasteiger partial charge in [-0.15, -0.1) is 0 Å². The van der Waals surface area contributed by atoms with Gasteiger partial charge in [0, 0.05) is 64.0 Å². The molecule has 1 saturated heterocycles. The first-order chi connectivity index (χ1) is 24.3. The molecule has 6 rings (SSSR count). The monoisotopic (exact) mass is 734 g/mol. The summed E-state index contributed by atoms with van der Waals surface area (Å²) >= 11 is 18.1. The van der Waals surface area contributed by atoms with Gasteiger partial charge in [0.15, 0.2) is 0 Å². The van der Waals surface area contributed by atoms with E-state index in [1.165, 1.54) is 12.3 Å². The molecule has 50 heavy (non-hydrogen) atoms. The van der Waals surface area contributed by atoms with E-state index in [0.29, 0.717) is 64.3 Å². The Morgan fingerprint density at radius 2 is 1.56 bits per heavy atom. The molecule has 0 bridgehead atoms. The Balaban J connectivity index is 0.895. The fourth-order valence-corrected chi connectivity index (χ4v) is 5.70. The highest BCUT2D eigenvalue weighted by Gasteiger charge is 2.21. The standard InChI is InChI=1S/C36H33Cl3N6O5/c37-28-8-11-30(12-9-28)48-22-24-1-3-25(4-2-24)36-41-35(50-43-36)21-45-15-13-44(14-16-45)20-34(47)42-40-19-26-6-10-31(18-33(26)46)49-23-27-5-7-29(38)17-32(27)39/h1-12,17-19,46H,13-16,20-23H2,(H,42,47). The highest BCUT2D eigenvalue weighted by atomic mass is 35.5. The minimum atomic E-state index is -0.252. The Morgan fingerprint density at radius 3 is 2.30 bits per heavy atom. The highest BCUT2D eigenvalue weighted by Crippen LogP contribution is 2.26. The molecule has 1 aliphatic heterocycles. The summed E-state index contributed by atoms with van der Waals surface area (Å²) in [5, 5.41) is 20.3. The number of benzene rings is 4. The van der Waals surface area contributed by atoms with E-state index in [4.69, 9.17) is 48.8 Å². The van der Waals surface area contributed by atoms with Gasteiger partial charge in [0.05, 0.1) is 19.3 Å². The van der Waals surface area contributed by atoms with Gasteiger partial charge < -0.3 is 19.1 Å². The van der Waals surface area contributed by atoms with Crippen molar-refractivity contribution in [1.29, 1.82) is 0 Å². The molecule has 14 heteroatoms. The fourth-order valence-electron chi connectivity index (χ4n) is 5.12. The Labute approximate surface area is 304 Å². The number of nitrogens with zero attached hydrogens (tertiary/aromatic N) is 5. The lowest BCUT2D eigenvalue weighted by molar-refractivity contribution is -0.122. The van der Waals surface area contributed by atoms with Crippen LogP contribution in [0.25, 0.3) is 11.4 Å². The van der Waals surface area contributed by atoms with Crippen LogP contribution in [0.1, 0.15) is 22.6 Å². The van der Waals surface area contributed by atoms with Crippen LogP contribution in [-0.2, 0) is 24.6 Å². The number of phenolic OH excluding ortho intramolecular Hbond substituents is 1. The number of aromatic hydroxyl groups is 1. The molecule has 5 aromatic rings. The van der Waals surface area contributed by atoms with Crippen molar-refractivity contribution in [2.75, 3.05) is 32.7 Å². The number of hydrogen-bond donors (Lipinski definition) is 2. The van der Waals surface area contributed by atoms with Crippen LogP contribution in [0, 0.1) is 0 Å². The molecule has 11 nitrogen and oxygen atoms in total. The van der Waals surface area contributed by atoms with Gasteiger partial charge in [-0.1, -0.05) is 70.3 Å². The zero-order valence-corrected chi connectivity index (χ0v) is 29.0. The first kappa shape index (κ1) is 35.2. The quantitative estimate of drug-likeness (QED) is 0.0989. The van der Waals surface area contributed by atoms with Gasteiger partial charge in [-0.3, -0.25) is 14.6 Å². The molecule has 0 saturated carbocycles. The van der Waals surface area contributed by atoms with Crippen LogP contribution in [0.4, 0.5) is 0 Å². The lowest BCUT2D eigenvalue weighted by Gasteiger charge is -2.33. The number of rotatable bonds is 13. The van der Waals surface area contributed by atoms with Crippen LogP contribution in [0.15, 0.2) is 94.6 Å². The molecule has 1 fully saturated rings. The predicted octanol–water partition coefficient (Wildman–Crippen LogP) is 6.83. The molecular weight excluding hydrogens is 703 g/mol. The summed E-state index contributed by atoms with van der Waals surface area (Å²) in [7, 11) is 0. The maximum atomic E-state index is 12.5. The summed E-state index contributed by atoms with van der Waals surface area (Å²) < 4.78 is 17.1. The van der Waals surface area contributed by atoms with Gasteiger partial charge >= 0.3 is 0 Å². The maximum absolute atomic E-state index is 12.5. The molecule has 2 heterocycles. The molecule has 1 aliphatic rings. The van der Waals surface area contributed by atoms with Crippen LogP contribution < -0.4 is 14.9 Å². The first-order valence-corrected chi connectivity index (χ1v) is 16.9. The van der Waals surface area contributed by atoms with Crippen molar-refractivity contribution in [3.05, 3.63) is 123 Å². The average molecular weight is 736 g/mol. The summed E-state index contributed by atoms with van der Waals surface area (Å²) in [6, 6.07) is 25.1. The summed E-state index contributed by atoms with van der Waals surface area (Å²) in [4.78, 5) is 21.4. The third kappa shape index (κ3) is 9.96. The van der Waals surface area contributed by atoms with Gasteiger partial charge in [0.25, 0.3) is 5.91 Å². The molecule has 0 spiro atoms. The third-order valence-electron chi connectivity index (χ3n) is 7.89. The molecule has 1 aromatic heterocycles. The molecule has 0 aliphatic carbocycles. The normalized spacial score (nSPS) is 13.8. The van der Waals surface area contributed by atoms with E-state index in [0.717, 1.165) is 35.5 Å². The molecular formula is C36H33Cl3N6O5. The number of phenols is 1. The van der Waals surface area contributed by atoms with Crippen LogP contribution in [0.5, 0.6) is 17.2 Å². The van der Waals surface area contributed by atoms with E-state index in [1.54, 1.807) is 42.5 Å². The third-order valence-corrected chi connectivity index (χ3v) is 8.73. The summed E-state index contributed by atoms with van der Waals surface area (Å²) in [6.07, 6.45) is 1.38. The van der Waals surface area contributed by atoms with Crippen LogP contribution in [0.3, 0.4) is 0 Å². The SMILES string of the molecule is O=C(CN1CCN(Cc2nc(-c3ccc(COc4ccc(Cl)cc4)cc3)no2)CC1)NN=Cc1ccc(OCc2ccc(Cl)cc2Cl)cc1O. The van der Waals surface area contributed by atoms with E-state index in [9.17, 15) is 9.90 Å². The number of amides is 1.